The lowest BCUT2D eigenvalue weighted by Gasteiger charge is -2.02. The van der Waals surface area contributed by atoms with Gasteiger partial charge < -0.3 is 0 Å². The van der Waals surface area contributed by atoms with Crippen LogP contribution in [0.2, 0.25) is 5.02 Å². The predicted molar refractivity (Wildman–Crippen MR) is 62.6 cm³/mol. The molecule has 86 valence electrons. The third kappa shape index (κ3) is 1.74. The number of hydrogen-bond donors (Lipinski definition) is 0. The lowest BCUT2D eigenvalue weighted by Crippen LogP contribution is -2.02. The van der Waals surface area contributed by atoms with Crippen LogP contribution in [-0.2, 0) is 4.79 Å². The summed E-state index contributed by atoms with van der Waals surface area (Å²) in [6.07, 6.45) is 0. The summed E-state index contributed by atoms with van der Waals surface area (Å²) in [4.78, 5) is 10.8. The normalized spacial score (nSPS) is 32.6. The van der Waals surface area contributed by atoms with E-state index in [4.69, 9.17) is 23.2 Å². The number of carbonyl (C=O) groups is 1. The lowest BCUT2D eigenvalue weighted by atomic mass is 10.1. The van der Waals surface area contributed by atoms with Crippen molar-refractivity contribution in [1.82, 2.24) is 0 Å². The minimum Gasteiger partial charge on any atom is -0.300 e. The van der Waals surface area contributed by atoms with Crippen LogP contribution in [0.3, 0.4) is 0 Å². The first-order valence-electron chi connectivity index (χ1n) is 5.00. The van der Waals surface area contributed by atoms with Crippen molar-refractivity contribution in [1.29, 1.82) is 0 Å². The fourth-order valence-electron chi connectivity index (χ4n) is 2.34. The first-order valence-corrected chi connectivity index (χ1v) is 5.75. The zero-order chi connectivity index (χ0) is 12.1. The van der Waals surface area contributed by atoms with E-state index in [-0.39, 0.29) is 22.6 Å². The van der Waals surface area contributed by atoms with Gasteiger partial charge >= 0.3 is 0 Å². The highest BCUT2D eigenvalue weighted by molar-refractivity contribution is 6.31. The second-order valence-electron chi connectivity index (χ2n) is 4.39. The Kier molecular flexibility index (Phi) is 2.75. The van der Waals surface area contributed by atoms with Gasteiger partial charge in [-0.3, -0.25) is 4.79 Å². The Hall–Kier alpha value is -0.600. The Morgan fingerprint density at radius 3 is 2.56 bits per heavy atom. The van der Waals surface area contributed by atoms with Crippen molar-refractivity contribution >= 4 is 29.0 Å². The number of hydrogen-bond acceptors (Lipinski definition) is 1. The summed E-state index contributed by atoms with van der Waals surface area (Å²) in [6.45, 7) is 3.35. The van der Waals surface area contributed by atoms with Crippen LogP contribution in [0.4, 0.5) is 4.39 Å². The highest BCUT2D eigenvalue weighted by Crippen LogP contribution is 2.62. The average Bonchev–Trinajstić information content (AvgIpc) is 2.74. The largest absolute Gasteiger partial charge is 0.300 e. The first kappa shape index (κ1) is 11.9. The summed E-state index contributed by atoms with van der Waals surface area (Å²) >= 11 is 11.9. The minimum absolute atomic E-state index is 0.0583. The van der Waals surface area contributed by atoms with Crippen LogP contribution in [0.15, 0.2) is 18.2 Å². The smallest absolute Gasteiger partial charge is 0.141 e. The third-order valence-corrected chi connectivity index (χ3v) is 3.94. The van der Waals surface area contributed by atoms with E-state index in [1.165, 1.54) is 13.0 Å². The molecule has 1 nitrogen and oxygen atoms in total. The van der Waals surface area contributed by atoms with E-state index in [1.807, 2.05) is 6.92 Å². The number of alkyl halides is 1. The Bertz CT molecular complexity index is 456. The van der Waals surface area contributed by atoms with E-state index in [0.717, 1.165) is 5.56 Å². The fraction of sp³-hybridized carbons (Fsp3) is 0.417. The van der Waals surface area contributed by atoms with Gasteiger partial charge in [0.2, 0.25) is 0 Å². The van der Waals surface area contributed by atoms with Gasteiger partial charge in [0.15, 0.2) is 0 Å². The summed E-state index contributed by atoms with van der Waals surface area (Å²) in [5, 5.41) is 0.0687. The quantitative estimate of drug-likeness (QED) is 0.740. The Morgan fingerprint density at radius 1 is 1.50 bits per heavy atom. The van der Waals surface area contributed by atoms with E-state index in [9.17, 15) is 9.18 Å². The highest BCUT2D eigenvalue weighted by Gasteiger charge is 2.63. The molecule has 4 heteroatoms. The molecule has 1 aliphatic rings. The molecular weight excluding hydrogens is 250 g/mol. The molecule has 0 bridgehead atoms. The van der Waals surface area contributed by atoms with Gasteiger partial charge in [-0.25, -0.2) is 4.39 Å². The van der Waals surface area contributed by atoms with E-state index in [1.54, 1.807) is 12.1 Å². The maximum Gasteiger partial charge on any atom is 0.141 e. The zero-order valence-corrected chi connectivity index (χ0v) is 10.4. The summed E-state index contributed by atoms with van der Waals surface area (Å²) in [6, 6.07) is 4.49. The van der Waals surface area contributed by atoms with Gasteiger partial charge in [0.1, 0.15) is 11.6 Å². The molecule has 1 fully saturated rings. The van der Waals surface area contributed by atoms with Crippen molar-refractivity contribution in [2.75, 3.05) is 0 Å². The van der Waals surface area contributed by atoms with Crippen LogP contribution in [0.5, 0.6) is 0 Å². The SMILES string of the molecule is CC(=O)C1C(c2ccc(F)c(Cl)c2)C1(C)Cl. The standard InChI is InChI=1S/C12H11Cl2FO/c1-6(16)10-11(12(10,2)14)7-3-4-9(15)8(13)5-7/h3-5,10-11H,1-2H3. The summed E-state index contributed by atoms with van der Waals surface area (Å²) < 4.78 is 13.0. The Balaban J connectivity index is 2.33. The predicted octanol–water partition coefficient (Wildman–Crippen LogP) is 3.78. The topological polar surface area (TPSA) is 17.1 Å². The number of carbonyl (C=O) groups excluding carboxylic acids is 1. The molecule has 0 saturated heterocycles. The molecule has 1 aromatic rings. The van der Waals surface area contributed by atoms with Crippen molar-refractivity contribution < 1.29 is 9.18 Å². The molecule has 0 radical (unpaired) electrons. The Labute approximate surface area is 104 Å². The average molecular weight is 261 g/mol. The van der Waals surface area contributed by atoms with Crippen LogP contribution in [0.25, 0.3) is 0 Å². The fourth-order valence-corrected chi connectivity index (χ4v) is 3.00. The maximum atomic E-state index is 13.0. The second kappa shape index (κ2) is 3.71. The van der Waals surface area contributed by atoms with Crippen molar-refractivity contribution in [3.05, 3.63) is 34.6 Å². The molecule has 1 aliphatic carbocycles. The molecule has 0 spiro atoms. The number of benzene rings is 1. The molecule has 0 aliphatic heterocycles. The van der Waals surface area contributed by atoms with Crippen LogP contribution in [-0.4, -0.2) is 10.7 Å². The monoisotopic (exact) mass is 260 g/mol. The van der Waals surface area contributed by atoms with Gasteiger partial charge in [-0.15, -0.1) is 11.6 Å². The van der Waals surface area contributed by atoms with Crippen LogP contribution in [0.1, 0.15) is 25.3 Å². The van der Waals surface area contributed by atoms with Gasteiger partial charge in [-0.1, -0.05) is 17.7 Å². The molecule has 16 heavy (non-hydrogen) atoms. The van der Waals surface area contributed by atoms with E-state index >= 15 is 0 Å². The van der Waals surface area contributed by atoms with Crippen LogP contribution < -0.4 is 0 Å². The van der Waals surface area contributed by atoms with Gasteiger partial charge in [0.05, 0.1) is 9.90 Å². The molecule has 1 aromatic carbocycles. The summed E-state index contributed by atoms with van der Waals surface area (Å²) in [7, 11) is 0. The molecule has 1 saturated carbocycles. The number of halogens is 3. The number of ketones is 1. The molecule has 0 aromatic heterocycles. The summed E-state index contributed by atoms with van der Waals surface area (Å²) in [5.41, 5.74) is 0.823. The van der Waals surface area contributed by atoms with Gasteiger partial charge in [-0.2, -0.15) is 0 Å². The molecule has 0 amide bonds. The molecule has 2 rings (SSSR count). The maximum absolute atomic E-state index is 13.0. The van der Waals surface area contributed by atoms with Crippen LogP contribution >= 0.6 is 23.2 Å². The van der Waals surface area contributed by atoms with E-state index in [0.29, 0.717) is 0 Å². The molecule has 3 unspecified atom stereocenters. The highest BCUT2D eigenvalue weighted by atomic mass is 35.5. The molecule has 0 heterocycles. The van der Waals surface area contributed by atoms with Crippen molar-refractivity contribution in [3.63, 3.8) is 0 Å². The van der Waals surface area contributed by atoms with Gasteiger partial charge in [0.25, 0.3) is 0 Å². The van der Waals surface area contributed by atoms with E-state index in [2.05, 4.69) is 0 Å². The summed E-state index contributed by atoms with van der Waals surface area (Å²) in [5.74, 6) is -0.662. The van der Waals surface area contributed by atoms with Gasteiger partial charge in [-0.05, 0) is 31.5 Å². The number of rotatable bonds is 2. The van der Waals surface area contributed by atoms with Crippen molar-refractivity contribution in [3.8, 4) is 0 Å². The molecule has 3 atom stereocenters. The first-order chi connectivity index (χ1) is 7.35. The third-order valence-electron chi connectivity index (χ3n) is 3.18. The van der Waals surface area contributed by atoms with Crippen molar-refractivity contribution in [2.45, 2.75) is 24.6 Å². The van der Waals surface area contributed by atoms with Crippen molar-refractivity contribution in [2.24, 2.45) is 5.92 Å². The van der Waals surface area contributed by atoms with Gasteiger partial charge in [0, 0.05) is 11.8 Å². The molecule has 0 N–H and O–H groups in total. The van der Waals surface area contributed by atoms with Crippen LogP contribution in [0, 0.1) is 11.7 Å². The number of Topliss-reactive ketones (excluding diaryl/α,β-unsaturated/α-hetero) is 1. The zero-order valence-electron chi connectivity index (χ0n) is 8.93. The lowest BCUT2D eigenvalue weighted by molar-refractivity contribution is -0.118. The minimum atomic E-state index is -0.563. The molecular formula is C12H11Cl2FO. The van der Waals surface area contributed by atoms with E-state index < -0.39 is 10.7 Å². The second-order valence-corrected chi connectivity index (χ2v) is 5.61. The Morgan fingerprint density at radius 2 is 2.12 bits per heavy atom.